The van der Waals surface area contributed by atoms with Crippen molar-refractivity contribution in [3.63, 3.8) is 0 Å². The van der Waals surface area contributed by atoms with Gasteiger partial charge in [0.05, 0.1) is 18.7 Å². The summed E-state index contributed by atoms with van der Waals surface area (Å²) in [6.45, 7) is 1.71. The molecule has 4 nitrogen and oxygen atoms in total. The predicted octanol–water partition coefficient (Wildman–Crippen LogP) is 1.91. The van der Waals surface area contributed by atoms with Crippen LogP contribution < -0.4 is 5.32 Å². The molecule has 0 aliphatic carbocycles. The fraction of sp³-hybridized carbons (Fsp3) is 0.333. The van der Waals surface area contributed by atoms with Crippen LogP contribution in [0.3, 0.4) is 0 Å². The van der Waals surface area contributed by atoms with Gasteiger partial charge < -0.3 is 10.4 Å². The van der Waals surface area contributed by atoms with Crippen LogP contribution in [0.5, 0.6) is 0 Å². The van der Waals surface area contributed by atoms with Crippen molar-refractivity contribution < 1.29 is 9.90 Å². The molecule has 2 aromatic rings. The van der Waals surface area contributed by atoms with Crippen molar-refractivity contribution in [2.75, 3.05) is 6.61 Å². The van der Waals surface area contributed by atoms with Gasteiger partial charge in [0.15, 0.2) is 0 Å². The maximum atomic E-state index is 11.6. The number of aliphatic hydroxyl groups excluding tert-OH is 1. The Bertz CT molecular complexity index is 508. The van der Waals surface area contributed by atoms with E-state index in [1.807, 2.05) is 22.2 Å². The highest BCUT2D eigenvalue weighted by atomic mass is 32.1. The van der Waals surface area contributed by atoms with Gasteiger partial charge in [-0.2, -0.15) is 11.3 Å². The second kappa shape index (κ2) is 6.08. The Balaban J connectivity index is 1.97. The zero-order valence-electron chi connectivity index (χ0n) is 9.92. The van der Waals surface area contributed by atoms with Crippen LogP contribution in [0.2, 0.25) is 0 Å². The van der Waals surface area contributed by atoms with Crippen molar-refractivity contribution in [3.05, 3.63) is 27.9 Å². The van der Waals surface area contributed by atoms with Crippen LogP contribution in [0, 0.1) is 0 Å². The molecule has 18 heavy (non-hydrogen) atoms. The van der Waals surface area contributed by atoms with Gasteiger partial charge in [-0.05, 0) is 18.4 Å². The zero-order chi connectivity index (χ0) is 13.0. The minimum absolute atomic E-state index is 0.0526. The Morgan fingerprint density at radius 1 is 1.56 bits per heavy atom. The van der Waals surface area contributed by atoms with E-state index in [2.05, 4.69) is 10.3 Å². The van der Waals surface area contributed by atoms with Crippen molar-refractivity contribution >= 4 is 28.6 Å². The van der Waals surface area contributed by atoms with Crippen LogP contribution >= 0.6 is 22.7 Å². The van der Waals surface area contributed by atoms with Gasteiger partial charge >= 0.3 is 0 Å². The van der Waals surface area contributed by atoms with Crippen LogP contribution in [-0.2, 0) is 11.2 Å². The number of rotatable bonds is 5. The SMILES string of the molecule is C[C@H](CO)NC(=O)Cc1csc(-c2ccsc2)n1. The van der Waals surface area contributed by atoms with Gasteiger partial charge in [-0.25, -0.2) is 4.98 Å². The molecule has 0 fully saturated rings. The molecular weight excluding hydrogens is 268 g/mol. The first-order chi connectivity index (χ1) is 8.69. The molecule has 1 atom stereocenters. The molecule has 0 aromatic carbocycles. The minimum Gasteiger partial charge on any atom is -0.394 e. The molecule has 0 spiro atoms. The molecule has 0 aliphatic rings. The molecule has 0 unspecified atom stereocenters. The summed E-state index contributed by atoms with van der Waals surface area (Å²) in [7, 11) is 0. The number of hydrogen-bond donors (Lipinski definition) is 2. The third kappa shape index (κ3) is 3.38. The summed E-state index contributed by atoms with van der Waals surface area (Å²) in [4.78, 5) is 16.0. The number of thiazole rings is 1. The monoisotopic (exact) mass is 282 g/mol. The molecule has 6 heteroatoms. The fourth-order valence-corrected chi connectivity index (χ4v) is 2.97. The van der Waals surface area contributed by atoms with Gasteiger partial charge in [0.2, 0.25) is 5.91 Å². The Hall–Kier alpha value is -1.24. The molecule has 1 amide bonds. The van der Waals surface area contributed by atoms with Gasteiger partial charge in [-0.3, -0.25) is 4.79 Å². The highest BCUT2D eigenvalue weighted by molar-refractivity contribution is 7.14. The smallest absolute Gasteiger partial charge is 0.226 e. The molecule has 0 saturated heterocycles. The van der Waals surface area contributed by atoms with Gasteiger partial charge in [-0.1, -0.05) is 0 Å². The second-order valence-electron chi connectivity index (χ2n) is 3.98. The maximum Gasteiger partial charge on any atom is 0.226 e. The largest absolute Gasteiger partial charge is 0.394 e. The Labute approximate surface area is 113 Å². The third-order valence-corrected chi connectivity index (χ3v) is 3.97. The van der Waals surface area contributed by atoms with E-state index in [9.17, 15) is 4.79 Å². The Kier molecular flexibility index (Phi) is 4.46. The van der Waals surface area contributed by atoms with E-state index >= 15 is 0 Å². The van der Waals surface area contributed by atoms with Crippen LogP contribution in [0.4, 0.5) is 0 Å². The third-order valence-electron chi connectivity index (χ3n) is 2.34. The highest BCUT2D eigenvalue weighted by Gasteiger charge is 2.10. The fourth-order valence-electron chi connectivity index (χ4n) is 1.44. The van der Waals surface area contributed by atoms with Gasteiger partial charge in [-0.15, -0.1) is 11.3 Å². The number of thiophene rings is 1. The van der Waals surface area contributed by atoms with Crippen LogP contribution in [0.15, 0.2) is 22.2 Å². The van der Waals surface area contributed by atoms with E-state index in [0.717, 1.165) is 16.3 Å². The van der Waals surface area contributed by atoms with Gasteiger partial charge in [0, 0.05) is 22.4 Å². The van der Waals surface area contributed by atoms with Crippen molar-refractivity contribution in [3.8, 4) is 10.6 Å². The lowest BCUT2D eigenvalue weighted by Crippen LogP contribution is -2.36. The van der Waals surface area contributed by atoms with E-state index < -0.39 is 0 Å². The molecule has 0 aliphatic heterocycles. The van der Waals surface area contributed by atoms with E-state index in [1.165, 1.54) is 0 Å². The quantitative estimate of drug-likeness (QED) is 0.880. The molecular formula is C12H14N2O2S2. The van der Waals surface area contributed by atoms with E-state index in [4.69, 9.17) is 5.11 Å². The number of hydrogen-bond acceptors (Lipinski definition) is 5. The number of aliphatic hydroxyl groups is 1. The normalized spacial score (nSPS) is 12.3. The molecule has 2 rings (SSSR count). The lowest BCUT2D eigenvalue weighted by Gasteiger charge is -2.09. The average Bonchev–Trinajstić information content (AvgIpc) is 2.98. The summed E-state index contributed by atoms with van der Waals surface area (Å²) in [6.07, 6.45) is 0.255. The molecule has 2 N–H and O–H groups in total. The minimum atomic E-state index is -0.215. The second-order valence-corrected chi connectivity index (χ2v) is 5.62. The molecule has 0 radical (unpaired) electrons. The molecule has 0 saturated carbocycles. The van der Waals surface area contributed by atoms with Crippen LogP contribution in [0.1, 0.15) is 12.6 Å². The first kappa shape index (κ1) is 13.2. The Morgan fingerprint density at radius 2 is 2.39 bits per heavy atom. The van der Waals surface area contributed by atoms with E-state index in [1.54, 1.807) is 29.6 Å². The molecule has 96 valence electrons. The maximum absolute atomic E-state index is 11.6. The first-order valence-corrected chi connectivity index (χ1v) is 7.38. The van der Waals surface area contributed by atoms with E-state index in [-0.39, 0.29) is 25.0 Å². The summed E-state index contributed by atoms with van der Waals surface area (Å²) < 4.78 is 0. The number of carbonyl (C=O) groups is 1. The zero-order valence-corrected chi connectivity index (χ0v) is 11.6. The lowest BCUT2D eigenvalue weighted by atomic mass is 10.3. The summed E-state index contributed by atoms with van der Waals surface area (Å²) in [6, 6.07) is 1.80. The summed E-state index contributed by atoms with van der Waals surface area (Å²) in [5.41, 5.74) is 1.87. The summed E-state index contributed by atoms with van der Waals surface area (Å²) in [5.74, 6) is -0.112. The van der Waals surface area contributed by atoms with Gasteiger partial charge in [0.1, 0.15) is 5.01 Å². The van der Waals surface area contributed by atoms with E-state index in [0.29, 0.717) is 0 Å². The highest BCUT2D eigenvalue weighted by Crippen LogP contribution is 2.25. The number of nitrogens with one attached hydrogen (secondary N) is 1. The van der Waals surface area contributed by atoms with Crippen LogP contribution in [0.25, 0.3) is 10.6 Å². The molecule has 2 aromatic heterocycles. The number of nitrogens with zero attached hydrogens (tertiary/aromatic N) is 1. The van der Waals surface area contributed by atoms with Crippen molar-refractivity contribution in [1.29, 1.82) is 0 Å². The number of aromatic nitrogens is 1. The number of carbonyl (C=O) groups excluding carboxylic acids is 1. The topological polar surface area (TPSA) is 62.2 Å². The van der Waals surface area contributed by atoms with Gasteiger partial charge in [0.25, 0.3) is 0 Å². The molecule has 0 bridgehead atoms. The lowest BCUT2D eigenvalue weighted by molar-refractivity contribution is -0.121. The standard InChI is InChI=1S/C12H14N2O2S2/c1-8(5-15)13-11(16)4-10-7-18-12(14-10)9-2-3-17-6-9/h2-3,6-8,15H,4-5H2,1H3,(H,13,16)/t8-/m1/s1. The first-order valence-electron chi connectivity index (χ1n) is 5.56. The summed E-state index contributed by atoms with van der Waals surface area (Å²) in [5, 5.41) is 18.4. The molecule has 2 heterocycles. The van der Waals surface area contributed by atoms with Crippen molar-refractivity contribution in [2.45, 2.75) is 19.4 Å². The van der Waals surface area contributed by atoms with Crippen molar-refractivity contribution in [1.82, 2.24) is 10.3 Å². The summed E-state index contributed by atoms with van der Waals surface area (Å²) >= 11 is 3.17. The van der Waals surface area contributed by atoms with Crippen LogP contribution in [-0.4, -0.2) is 28.6 Å². The number of amides is 1. The van der Waals surface area contributed by atoms with Crippen molar-refractivity contribution in [2.24, 2.45) is 0 Å². The average molecular weight is 282 g/mol. The predicted molar refractivity (Wildman–Crippen MR) is 73.8 cm³/mol. The Morgan fingerprint density at radius 3 is 3.06 bits per heavy atom.